The van der Waals surface area contributed by atoms with E-state index in [2.05, 4.69) is 22.2 Å². The van der Waals surface area contributed by atoms with Gasteiger partial charge in [-0.05, 0) is 32.2 Å². The Bertz CT molecular complexity index is 543. The summed E-state index contributed by atoms with van der Waals surface area (Å²) in [5, 5.41) is 12.5. The minimum absolute atomic E-state index is 0.0105. The van der Waals surface area contributed by atoms with Gasteiger partial charge < -0.3 is 5.11 Å². The molecule has 1 saturated carbocycles. The van der Waals surface area contributed by atoms with Crippen molar-refractivity contribution in [2.45, 2.75) is 52.1 Å². The minimum Gasteiger partial charge on any atom is -0.396 e. The van der Waals surface area contributed by atoms with Gasteiger partial charge in [0.25, 0.3) is 0 Å². The minimum atomic E-state index is 0.0105. The highest BCUT2D eigenvalue weighted by atomic mass is 32.1. The van der Waals surface area contributed by atoms with E-state index in [1.165, 1.54) is 0 Å². The van der Waals surface area contributed by atoms with Crippen LogP contribution < -0.4 is 4.90 Å². The number of rotatable bonds is 5. The summed E-state index contributed by atoms with van der Waals surface area (Å²) >= 11 is 1.57. The van der Waals surface area contributed by atoms with Crippen molar-refractivity contribution in [2.24, 2.45) is 5.41 Å². The fraction of sp³-hybridized carbons (Fsp3) is 0.750. The number of hydrogen-bond acceptors (Lipinski definition) is 5. The Morgan fingerprint density at radius 1 is 1.59 bits per heavy atom. The summed E-state index contributed by atoms with van der Waals surface area (Å²) in [7, 11) is 0. The lowest BCUT2D eigenvalue weighted by atomic mass is 9.83. The average Bonchev–Trinajstić information content (AvgIpc) is 3.19. The summed E-state index contributed by atoms with van der Waals surface area (Å²) in [5.74, 6) is 0.0919. The summed E-state index contributed by atoms with van der Waals surface area (Å²) in [6.45, 7) is 6.79. The van der Waals surface area contributed by atoms with Crippen LogP contribution in [0.5, 0.6) is 0 Å². The molecule has 122 valence electrons. The van der Waals surface area contributed by atoms with Crippen molar-refractivity contribution in [1.82, 2.24) is 9.88 Å². The summed E-state index contributed by atoms with van der Waals surface area (Å²) in [5.41, 5.74) is 1.05. The fourth-order valence-electron chi connectivity index (χ4n) is 3.28. The lowest BCUT2D eigenvalue weighted by Crippen LogP contribution is -2.43. The number of piperidine rings is 1. The molecule has 1 aromatic heterocycles. The Labute approximate surface area is 135 Å². The number of anilines is 1. The van der Waals surface area contributed by atoms with Gasteiger partial charge in [-0.25, -0.2) is 4.98 Å². The topological polar surface area (TPSA) is 56.7 Å². The van der Waals surface area contributed by atoms with Crippen LogP contribution in [0, 0.1) is 5.41 Å². The van der Waals surface area contributed by atoms with Gasteiger partial charge in [0.15, 0.2) is 5.13 Å². The van der Waals surface area contributed by atoms with Gasteiger partial charge in [-0.1, -0.05) is 6.92 Å². The van der Waals surface area contributed by atoms with Gasteiger partial charge in [0.2, 0.25) is 5.91 Å². The average molecular weight is 323 g/mol. The first-order valence-electron chi connectivity index (χ1n) is 8.08. The molecule has 1 aromatic rings. The number of amides is 1. The van der Waals surface area contributed by atoms with Crippen LogP contribution in [0.25, 0.3) is 0 Å². The lowest BCUT2D eigenvalue weighted by Gasteiger charge is -2.39. The summed E-state index contributed by atoms with van der Waals surface area (Å²) in [4.78, 5) is 20.7. The van der Waals surface area contributed by atoms with E-state index in [-0.39, 0.29) is 17.9 Å². The van der Waals surface area contributed by atoms with Crippen molar-refractivity contribution in [2.75, 3.05) is 24.6 Å². The van der Waals surface area contributed by atoms with Crippen molar-refractivity contribution < 1.29 is 9.90 Å². The van der Waals surface area contributed by atoms with Gasteiger partial charge >= 0.3 is 0 Å². The van der Waals surface area contributed by atoms with Crippen LogP contribution in [0.2, 0.25) is 0 Å². The van der Waals surface area contributed by atoms with Gasteiger partial charge in [0.1, 0.15) is 0 Å². The number of aromatic nitrogens is 1. The van der Waals surface area contributed by atoms with E-state index in [4.69, 9.17) is 0 Å². The van der Waals surface area contributed by atoms with E-state index in [1.54, 1.807) is 18.3 Å². The molecule has 2 aliphatic rings. The zero-order valence-electron chi connectivity index (χ0n) is 13.4. The second-order valence-corrected chi connectivity index (χ2v) is 7.86. The maximum atomic E-state index is 11.8. The number of thiazole rings is 1. The van der Waals surface area contributed by atoms with Crippen LogP contribution in [0.1, 0.15) is 45.2 Å². The van der Waals surface area contributed by atoms with Crippen LogP contribution in [0.15, 0.2) is 5.38 Å². The van der Waals surface area contributed by atoms with Gasteiger partial charge in [0, 0.05) is 43.5 Å². The second kappa shape index (κ2) is 6.26. The molecule has 1 unspecified atom stereocenters. The number of likely N-dealkylation sites (tertiary alicyclic amines) is 1. The van der Waals surface area contributed by atoms with Gasteiger partial charge in [-0.2, -0.15) is 0 Å². The SMILES string of the molecule is CC(=O)N(c1nc(CN2CCCC(C)(CO)C2)cs1)C1CC1. The molecule has 1 saturated heterocycles. The molecule has 6 heteroatoms. The highest BCUT2D eigenvalue weighted by Crippen LogP contribution is 2.34. The maximum Gasteiger partial charge on any atom is 0.225 e. The van der Waals surface area contributed by atoms with E-state index < -0.39 is 0 Å². The van der Waals surface area contributed by atoms with Crippen molar-refractivity contribution >= 4 is 22.4 Å². The molecule has 0 bridgehead atoms. The molecule has 1 amide bonds. The number of nitrogens with zero attached hydrogens (tertiary/aromatic N) is 3. The van der Waals surface area contributed by atoms with Crippen LogP contribution in [-0.2, 0) is 11.3 Å². The lowest BCUT2D eigenvalue weighted by molar-refractivity contribution is -0.116. The monoisotopic (exact) mass is 323 g/mol. The molecule has 0 spiro atoms. The Balaban J connectivity index is 1.65. The van der Waals surface area contributed by atoms with E-state index in [0.717, 1.165) is 56.1 Å². The molecule has 0 aromatic carbocycles. The quantitative estimate of drug-likeness (QED) is 0.903. The van der Waals surface area contributed by atoms with Crippen molar-refractivity contribution in [1.29, 1.82) is 0 Å². The van der Waals surface area contributed by atoms with E-state index >= 15 is 0 Å². The number of hydrogen-bond donors (Lipinski definition) is 1. The molecule has 1 N–H and O–H groups in total. The Morgan fingerprint density at radius 3 is 3.00 bits per heavy atom. The van der Waals surface area contributed by atoms with E-state index in [0.29, 0.717) is 6.04 Å². The summed E-state index contributed by atoms with van der Waals surface area (Å²) in [6, 6.07) is 0.365. The molecule has 0 radical (unpaired) electrons. The molecule has 1 aliphatic carbocycles. The number of carbonyl (C=O) groups is 1. The molecular weight excluding hydrogens is 298 g/mol. The zero-order valence-corrected chi connectivity index (χ0v) is 14.2. The third kappa shape index (κ3) is 3.50. The largest absolute Gasteiger partial charge is 0.396 e. The first-order chi connectivity index (χ1) is 10.5. The predicted octanol–water partition coefficient (Wildman–Crippen LogP) is 2.25. The molecule has 1 aliphatic heterocycles. The third-order valence-corrected chi connectivity index (χ3v) is 5.51. The zero-order chi connectivity index (χ0) is 15.7. The number of aliphatic hydroxyl groups excluding tert-OH is 1. The number of aliphatic hydroxyl groups is 1. The van der Waals surface area contributed by atoms with Gasteiger partial charge in [0.05, 0.1) is 5.69 Å². The molecular formula is C16H25N3O2S. The molecule has 2 fully saturated rings. The Kier molecular flexibility index (Phi) is 4.52. The third-order valence-electron chi connectivity index (χ3n) is 4.62. The van der Waals surface area contributed by atoms with Crippen molar-refractivity contribution in [3.8, 4) is 0 Å². The normalized spacial score (nSPS) is 26.1. The smallest absolute Gasteiger partial charge is 0.225 e. The molecule has 2 heterocycles. The van der Waals surface area contributed by atoms with Crippen molar-refractivity contribution in [3.63, 3.8) is 0 Å². The van der Waals surface area contributed by atoms with E-state index in [9.17, 15) is 9.90 Å². The second-order valence-electron chi connectivity index (χ2n) is 7.02. The Hall–Kier alpha value is -0.980. The first kappa shape index (κ1) is 15.9. The summed E-state index contributed by atoms with van der Waals surface area (Å²) in [6.07, 6.45) is 4.39. The highest BCUT2D eigenvalue weighted by Gasteiger charge is 2.34. The van der Waals surface area contributed by atoms with Crippen LogP contribution in [0.4, 0.5) is 5.13 Å². The van der Waals surface area contributed by atoms with E-state index in [1.807, 2.05) is 4.90 Å². The first-order valence-corrected chi connectivity index (χ1v) is 8.96. The molecule has 22 heavy (non-hydrogen) atoms. The maximum absolute atomic E-state index is 11.8. The molecule has 3 rings (SSSR count). The van der Waals surface area contributed by atoms with Crippen molar-refractivity contribution in [3.05, 3.63) is 11.1 Å². The molecule has 1 atom stereocenters. The predicted molar refractivity (Wildman–Crippen MR) is 88.0 cm³/mol. The van der Waals surface area contributed by atoms with Gasteiger partial charge in [-0.15, -0.1) is 11.3 Å². The fourth-order valence-corrected chi connectivity index (χ4v) is 4.21. The number of carbonyl (C=O) groups excluding carboxylic acids is 1. The van der Waals surface area contributed by atoms with Crippen LogP contribution in [0.3, 0.4) is 0 Å². The standard InChI is InChI=1S/C16H25N3O2S/c1-12(21)19(14-4-5-14)15-17-13(9-22-15)8-18-7-3-6-16(2,10-18)11-20/h9,14,20H,3-8,10-11H2,1-2H3. The highest BCUT2D eigenvalue weighted by molar-refractivity contribution is 7.14. The van der Waals surface area contributed by atoms with Crippen LogP contribution in [-0.4, -0.2) is 46.6 Å². The van der Waals surface area contributed by atoms with Gasteiger partial charge in [-0.3, -0.25) is 14.6 Å². The van der Waals surface area contributed by atoms with Crippen LogP contribution >= 0.6 is 11.3 Å². The molecule has 5 nitrogen and oxygen atoms in total. The summed E-state index contributed by atoms with van der Waals surface area (Å²) < 4.78 is 0. The Morgan fingerprint density at radius 2 is 2.36 bits per heavy atom.